The highest BCUT2D eigenvalue weighted by atomic mass is 16.5. The smallest absolute Gasteiger partial charge is 0.413 e. The molecule has 1 aliphatic rings. The number of ether oxygens (including phenoxy) is 1. The number of aliphatic hydroxyl groups is 1. The van der Waals surface area contributed by atoms with Gasteiger partial charge in [0.25, 0.3) is 5.91 Å². The lowest BCUT2D eigenvalue weighted by molar-refractivity contribution is 0.101. The summed E-state index contributed by atoms with van der Waals surface area (Å²) < 4.78 is 7.17. The number of fused-ring (bicyclic) bond motifs is 1. The average molecular weight is 617 g/mol. The molecule has 10 heteroatoms. The SMILES string of the molecule is N=C(NC(=O)OCc1ccccc1)c1ccc2cc(C(=O)Nc3cccc(N4CCCC4)c3)n(Cc3ccc(C(N)O)cc3)c2c1. The van der Waals surface area contributed by atoms with Crippen LogP contribution in [0.25, 0.3) is 10.9 Å². The summed E-state index contributed by atoms with van der Waals surface area (Å²) in [5, 5.41) is 24.7. The Balaban J connectivity index is 1.27. The fourth-order valence-corrected chi connectivity index (χ4v) is 5.66. The first-order valence-corrected chi connectivity index (χ1v) is 15.2. The van der Waals surface area contributed by atoms with E-state index in [0.29, 0.717) is 34.6 Å². The molecular weight excluding hydrogens is 580 g/mol. The van der Waals surface area contributed by atoms with Crippen molar-refractivity contribution < 1.29 is 19.4 Å². The quantitative estimate of drug-likeness (QED) is 0.0811. The maximum Gasteiger partial charge on any atom is 0.413 e. The monoisotopic (exact) mass is 616 g/mol. The zero-order chi connectivity index (χ0) is 32.0. The zero-order valence-corrected chi connectivity index (χ0v) is 25.3. The summed E-state index contributed by atoms with van der Waals surface area (Å²) in [6, 6.07) is 31.5. The van der Waals surface area contributed by atoms with E-state index in [1.165, 1.54) is 0 Å². The number of hydrogen-bond acceptors (Lipinski definition) is 7. The molecule has 0 aliphatic carbocycles. The molecule has 1 unspecified atom stereocenters. The van der Waals surface area contributed by atoms with Crippen molar-refractivity contribution in [2.75, 3.05) is 23.3 Å². The molecular formula is C36H36N6O4. The molecule has 2 heterocycles. The summed E-state index contributed by atoms with van der Waals surface area (Å²) in [5.41, 5.74) is 11.3. The van der Waals surface area contributed by atoms with E-state index in [1.807, 2.05) is 77.4 Å². The van der Waals surface area contributed by atoms with Crippen molar-refractivity contribution in [3.05, 3.63) is 131 Å². The highest BCUT2D eigenvalue weighted by Gasteiger charge is 2.19. The topological polar surface area (TPSA) is 146 Å². The average Bonchev–Trinajstić information content (AvgIpc) is 3.73. The van der Waals surface area contributed by atoms with Gasteiger partial charge in [-0.25, -0.2) is 4.79 Å². The molecule has 1 aliphatic heterocycles. The van der Waals surface area contributed by atoms with Gasteiger partial charge in [0.2, 0.25) is 0 Å². The van der Waals surface area contributed by atoms with Crippen molar-refractivity contribution in [1.82, 2.24) is 9.88 Å². The van der Waals surface area contributed by atoms with E-state index >= 15 is 0 Å². The van der Waals surface area contributed by atoms with Crippen LogP contribution < -0.4 is 21.3 Å². The van der Waals surface area contributed by atoms with Crippen molar-refractivity contribution in [3.8, 4) is 0 Å². The Kier molecular flexibility index (Phi) is 9.09. The lowest BCUT2D eigenvalue weighted by Gasteiger charge is -2.18. The number of carbonyl (C=O) groups is 2. The van der Waals surface area contributed by atoms with E-state index in [1.54, 1.807) is 24.3 Å². The minimum atomic E-state index is -1.08. The molecule has 234 valence electrons. The largest absolute Gasteiger partial charge is 0.444 e. The standard InChI is InChI=1S/C36H36N6O4/c37-33(40-36(45)46-23-25-7-2-1-3-8-25)28-16-15-27-19-32(35(44)39-29-9-6-10-30(21-29)41-17-4-5-18-41)42(31(27)20-28)22-24-11-13-26(14-12-24)34(38)43/h1-3,6-16,19-21,34,43H,4-5,17-18,22-23,38H2,(H,39,44)(H2,37,40,45). The minimum absolute atomic E-state index is 0.0845. The van der Waals surface area contributed by atoms with Crippen LogP contribution in [0.1, 0.15) is 51.8 Å². The van der Waals surface area contributed by atoms with Crippen molar-refractivity contribution >= 4 is 40.1 Å². The second-order valence-electron chi connectivity index (χ2n) is 11.3. The minimum Gasteiger partial charge on any atom is -0.444 e. The van der Waals surface area contributed by atoms with Gasteiger partial charge in [-0.1, -0.05) is 72.8 Å². The molecule has 1 saturated heterocycles. The fraction of sp³-hybridized carbons (Fsp3) is 0.194. The molecule has 6 N–H and O–H groups in total. The Morgan fingerprint density at radius 2 is 1.65 bits per heavy atom. The number of aromatic nitrogens is 1. The van der Waals surface area contributed by atoms with Crippen LogP contribution in [0.4, 0.5) is 16.2 Å². The number of amides is 2. The number of nitrogens with zero attached hydrogens (tertiary/aromatic N) is 2. The number of benzene rings is 4. The second-order valence-corrected chi connectivity index (χ2v) is 11.3. The summed E-state index contributed by atoms with van der Waals surface area (Å²) in [6.07, 6.45) is 0.500. The third-order valence-electron chi connectivity index (χ3n) is 8.10. The molecule has 0 radical (unpaired) electrons. The van der Waals surface area contributed by atoms with Crippen molar-refractivity contribution in [2.24, 2.45) is 5.73 Å². The van der Waals surface area contributed by atoms with Gasteiger partial charge in [0.05, 0.1) is 0 Å². The Bertz CT molecular complexity index is 1860. The van der Waals surface area contributed by atoms with Gasteiger partial charge in [-0.2, -0.15) is 0 Å². The molecule has 0 bridgehead atoms. The third-order valence-corrected chi connectivity index (χ3v) is 8.10. The number of carbonyl (C=O) groups excluding carboxylic acids is 2. The van der Waals surface area contributed by atoms with Gasteiger partial charge in [-0.15, -0.1) is 0 Å². The second kappa shape index (κ2) is 13.7. The molecule has 0 saturated carbocycles. The molecule has 4 aromatic carbocycles. The maximum absolute atomic E-state index is 13.8. The summed E-state index contributed by atoms with van der Waals surface area (Å²) >= 11 is 0. The number of nitrogens with two attached hydrogens (primary N) is 1. The van der Waals surface area contributed by atoms with Crippen molar-refractivity contribution in [1.29, 1.82) is 5.41 Å². The van der Waals surface area contributed by atoms with Crippen LogP contribution >= 0.6 is 0 Å². The van der Waals surface area contributed by atoms with Crippen LogP contribution in [0.15, 0.2) is 103 Å². The molecule has 5 aromatic rings. The van der Waals surface area contributed by atoms with E-state index in [0.717, 1.165) is 48.1 Å². The molecule has 6 rings (SSSR count). The third kappa shape index (κ3) is 7.09. The molecule has 0 spiro atoms. The predicted octanol–water partition coefficient (Wildman–Crippen LogP) is 5.74. The van der Waals surface area contributed by atoms with E-state index in [9.17, 15) is 14.7 Å². The van der Waals surface area contributed by atoms with E-state index in [2.05, 4.69) is 21.6 Å². The number of rotatable bonds is 9. The first kappa shape index (κ1) is 30.6. The lowest BCUT2D eigenvalue weighted by Crippen LogP contribution is -2.31. The van der Waals surface area contributed by atoms with Crippen LogP contribution in [0.5, 0.6) is 0 Å². The molecule has 10 nitrogen and oxygen atoms in total. The Morgan fingerprint density at radius 1 is 0.891 bits per heavy atom. The predicted molar refractivity (Wildman–Crippen MR) is 179 cm³/mol. The van der Waals surface area contributed by atoms with Crippen LogP contribution in [0.3, 0.4) is 0 Å². The van der Waals surface area contributed by atoms with Gasteiger partial charge >= 0.3 is 6.09 Å². The number of nitrogens with one attached hydrogen (secondary N) is 3. The maximum atomic E-state index is 13.8. The zero-order valence-electron chi connectivity index (χ0n) is 25.3. The van der Waals surface area contributed by atoms with E-state index in [-0.39, 0.29) is 18.3 Å². The molecule has 46 heavy (non-hydrogen) atoms. The molecule has 2 amide bonds. The van der Waals surface area contributed by atoms with Crippen LogP contribution in [0, 0.1) is 5.41 Å². The van der Waals surface area contributed by atoms with Gasteiger partial charge in [0, 0.05) is 47.5 Å². The summed E-state index contributed by atoms with van der Waals surface area (Å²) in [4.78, 5) is 28.6. The van der Waals surface area contributed by atoms with Crippen LogP contribution in [0.2, 0.25) is 0 Å². The lowest BCUT2D eigenvalue weighted by atomic mass is 10.1. The number of alkyl carbamates (subject to hydrolysis) is 1. The Morgan fingerprint density at radius 3 is 2.39 bits per heavy atom. The number of anilines is 2. The first-order valence-electron chi connectivity index (χ1n) is 15.2. The van der Waals surface area contributed by atoms with Crippen LogP contribution in [-0.4, -0.2) is 40.6 Å². The van der Waals surface area contributed by atoms with E-state index < -0.39 is 12.3 Å². The first-order chi connectivity index (χ1) is 22.3. The van der Waals surface area contributed by atoms with E-state index in [4.69, 9.17) is 15.9 Å². The normalized spacial score (nSPS) is 13.4. The Labute approximate surface area is 266 Å². The van der Waals surface area contributed by atoms with Gasteiger partial charge in [-0.05, 0) is 59.9 Å². The van der Waals surface area contributed by atoms with Gasteiger partial charge in [0.1, 0.15) is 24.4 Å². The van der Waals surface area contributed by atoms with Crippen molar-refractivity contribution in [3.63, 3.8) is 0 Å². The highest BCUT2D eigenvalue weighted by molar-refractivity contribution is 6.09. The summed E-state index contributed by atoms with van der Waals surface area (Å²) in [6.45, 7) is 2.43. The summed E-state index contributed by atoms with van der Waals surface area (Å²) in [7, 11) is 0. The van der Waals surface area contributed by atoms with Gasteiger partial charge in [-0.3, -0.25) is 15.5 Å². The fourth-order valence-electron chi connectivity index (χ4n) is 5.66. The molecule has 1 aromatic heterocycles. The highest BCUT2D eigenvalue weighted by Crippen LogP contribution is 2.27. The molecule has 1 fully saturated rings. The number of hydrogen-bond donors (Lipinski definition) is 5. The summed E-state index contributed by atoms with van der Waals surface area (Å²) in [5.74, 6) is -0.401. The van der Waals surface area contributed by atoms with Crippen molar-refractivity contribution in [2.45, 2.75) is 32.2 Å². The van der Waals surface area contributed by atoms with Gasteiger partial charge in [0.15, 0.2) is 0 Å². The van der Waals surface area contributed by atoms with Crippen LogP contribution in [-0.2, 0) is 17.9 Å². The number of aliphatic hydroxyl groups excluding tert-OH is 1. The number of amidine groups is 1. The Hall–Kier alpha value is -5.45. The van der Waals surface area contributed by atoms with Gasteiger partial charge < -0.3 is 30.4 Å². The molecule has 1 atom stereocenters.